The fraction of sp³-hybridized carbons (Fsp3) is 0.421. The fourth-order valence-corrected chi connectivity index (χ4v) is 2.88. The van der Waals surface area contributed by atoms with Gasteiger partial charge in [0.2, 0.25) is 0 Å². The van der Waals surface area contributed by atoms with Crippen LogP contribution in [-0.4, -0.2) is 50.4 Å². The number of ether oxygens (including phenoxy) is 1. The van der Waals surface area contributed by atoms with Crippen molar-refractivity contribution < 1.29 is 14.3 Å². The lowest BCUT2D eigenvalue weighted by Crippen LogP contribution is -2.31. The predicted octanol–water partition coefficient (Wildman–Crippen LogP) is 2.77. The largest absolute Gasteiger partial charge is 0.385 e. The number of carbonyl (C=O) groups excluding carboxylic acids is 2. The van der Waals surface area contributed by atoms with Crippen molar-refractivity contribution in [3.63, 3.8) is 0 Å². The van der Waals surface area contributed by atoms with Crippen LogP contribution >= 0.6 is 0 Å². The molecule has 28 heavy (non-hydrogen) atoms. The highest BCUT2D eigenvalue weighted by atomic mass is 16.5. The number of Topliss-reactive ketones (excluding diaryl/α,β-unsaturated/α-hetero) is 1. The first-order chi connectivity index (χ1) is 13.4. The molecular weight excluding hydrogens is 360 g/mol. The number of carbonyl (C=O) groups is 2. The number of nitrogens with zero attached hydrogens (tertiary/aromatic N) is 4. The molecule has 0 bridgehead atoms. The lowest BCUT2D eigenvalue weighted by atomic mass is 9.95. The van der Waals surface area contributed by atoms with E-state index in [1.165, 1.54) is 13.1 Å². The van der Waals surface area contributed by atoms with Gasteiger partial charge < -0.3 is 15.0 Å². The molecule has 0 spiro atoms. The van der Waals surface area contributed by atoms with Crippen molar-refractivity contribution in [1.82, 2.24) is 25.0 Å². The Bertz CT molecular complexity index is 1010. The highest BCUT2D eigenvalue weighted by molar-refractivity contribution is 6.03. The number of H-pyrrole nitrogens is 1. The van der Waals surface area contributed by atoms with E-state index in [0.717, 1.165) is 18.2 Å². The summed E-state index contributed by atoms with van der Waals surface area (Å²) in [4.78, 5) is 31.2. The van der Waals surface area contributed by atoms with Gasteiger partial charge in [0.05, 0.1) is 29.3 Å². The van der Waals surface area contributed by atoms with Crippen LogP contribution in [0.1, 0.15) is 54.6 Å². The van der Waals surface area contributed by atoms with Crippen LogP contribution in [0.25, 0.3) is 11.0 Å². The molecule has 1 amide bonds. The number of rotatable bonds is 8. The van der Waals surface area contributed by atoms with E-state index >= 15 is 0 Å². The number of pyridine rings is 1. The van der Waals surface area contributed by atoms with Gasteiger partial charge in [-0.2, -0.15) is 0 Å². The first-order valence-electron chi connectivity index (χ1n) is 9.09. The van der Waals surface area contributed by atoms with Crippen LogP contribution in [0.15, 0.2) is 24.5 Å². The van der Waals surface area contributed by atoms with E-state index in [9.17, 15) is 9.59 Å². The maximum Gasteiger partial charge on any atom is 0.277 e. The Kier molecular flexibility index (Phi) is 5.55. The van der Waals surface area contributed by atoms with Crippen LogP contribution in [0, 0.1) is 0 Å². The SMILES string of the molecule is CCC(C)(CCOC)n1cc(C(=O)Nc2cnc3[nH]c(C(C)=O)cc3c2)nn1. The van der Waals surface area contributed by atoms with Gasteiger partial charge in [0.15, 0.2) is 11.5 Å². The number of ketones is 1. The molecule has 148 valence electrons. The summed E-state index contributed by atoms with van der Waals surface area (Å²) in [6.07, 6.45) is 4.76. The molecule has 0 aliphatic carbocycles. The van der Waals surface area contributed by atoms with E-state index in [-0.39, 0.29) is 22.9 Å². The van der Waals surface area contributed by atoms with Gasteiger partial charge in [0, 0.05) is 26.0 Å². The second-order valence-electron chi connectivity index (χ2n) is 7.00. The van der Waals surface area contributed by atoms with E-state index < -0.39 is 0 Å². The second-order valence-corrected chi connectivity index (χ2v) is 7.00. The lowest BCUT2D eigenvalue weighted by molar-refractivity contribution is 0.100. The van der Waals surface area contributed by atoms with Crippen LogP contribution in [0.4, 0.5) is 5.69 Å². The van der Waals surface area contributed by atoms with Gasteiger partial charge in [-0.1, -0.05) is 12.1 Å². The highest BCUT2D eigenvalue weighted by Gasteiger charge is 2.26. The summed E-state index contributed by atoms with van der Waals surface area (Å²) in [5, 5.41) is 11.7. The predicted molar refractivity (Wildman–Crippen MR) is 105 cm³/mol. The number of hydrogen-bond donors (Lipinski definition) is 2. The minimum atomic E-state index is -0.375. The Morgan fingerprint density at radius 2 is 2.14 bits per heavy atom. The quantitative estimate of drug-likeness (QED) is 0.577. The smallest absolute Gasteiger partial charge is 0.277 e. The van der Waals surface area contributed by atoms with E-state index in [1.54, 1.807) is 30.1 Å². The van der Waals surface area contributed by atoms with Gasteiger partial charge in [-0.05, 0) is 31.9 Å². The average molecular weight is 384 g/mol. The molecule has 3 heterocycles. The summed E-state index contributed by atoms with van der Waals surface area (Å²) in [6.45, 7) is 6.19. The number of fused-ring (bicyclic) bond motifs is 1. The van der Waals surface area contributed by atoms with Crippen molar-refractivity contribution in [2.75, 3.05) is 19.0 Å². The summed E-state index contributed by atoms with van der Waals surface area (Å²) < 4.78 is 6.89. The normalized spacial score (nSPS) is 13.4. The fourth-order valence-electron chi connectivity index (χ4n) is 2.88. The Morgan fingerprint density at radius 1 is 1.36 bits per heavy atom. The molecular formula is C19H24N6O3. The van der Waals surface area contributed by atoms with Gasteiger partial charge in [-0.3, -0.25) is 9.59 Å². The number of methoxy groups -OCH3 is 1. The van der Waals surface area contributed by atoms with Crippen LogP contribution in [0.5, 0.6) is 0 Å². The summed E-state index contributed by atoms with van der Waals surface area (Å²) >= 11 is 0. The van der Waals surface area contributed by atoms with Gasteiger partial charge in [-0.25, -0.2) is 9.67 Å². The molecule has 0 saturated heterocycles. The van der Waals surface area contributed by atoms with Crippen LogP contribution in [-0.2, 0) is 10.3 Å². The zero-order valence-corrected chi connectivity index (χ0v) is 16.4. The third-order valence-corrected chi connectivity index (χ3v) is 4.99. The summed E-state index contributed by atoms with van der Waals surface area (Å²) in [7, 11) is 1.66. The molecule has 0 aliphatic rings. The molecule has 0 aliphatic heterocycles. The number of nitrogens with one attached hydrogen (secondary N) is 2. The average Bonchev–Trinajstić information content (AvgIpc) is 3.33. The van der Waals surface area contributed by atoms with Gasteiger partial charge in [-0.15, -0.1) is 5.10 Å². The minimum absolute atomic E-state index is 0.0763. The molecule has 3 aromatic heterocycles. The molecule has 3 rings (SSSR count). The molecule has 1 atom stereocenters. The van der Waals surface area contributed by atoms with E-state index in [4.69, 9.17) is 4.74 Å². The van der Waals surface area contributed by atoms with Crippen molar-refractivity contribution in [1.29, 1.82) is 0 Å². The third-order valence-electron chi connectivity index (χ3n) is 4.99. The van der Waals surface area contributed by atoms with Gasteiger partial charge >= 0.3 is 0 Å². The number of hydrogen-bond acceptors (Lipinski definition) is 6. The number of anilines is 1. The molecule has 0 saturated carbocycles. The highest BCUT2D eigenvalue weighted by Crippen LogP contribution is 2.24. The summed E-state index contributed by atoms with van der Waals surface area (Å²) in [5.41, 5.74) is 1.51. The Hall–Kier alpha value is -3.07. The lowest BCUT2D eigenvalue weighted by Gasteiger charge is -2.27. The van der Waals surface area contributed by atoms with E-state index in [1.807, 2.05) is 0 Å². The monoisotopic (exact) mass is 384 g/mol. The van der Waals surface area contributed by atoms with Gasteiger partial charge in [0.25, 0.3) is 5.91 Å². The van der Waals surface area contributed by atoms with Gasteiger partial charge in [0.1, 0.15) is 5.65 Å². The van der Waals surface area contributed by atoms with Crippen molar-refractivity contribution in [3.8, 4) is 0 Å². The van der Waals surface area contributed by atoms with E-state index in [0.29, 0.717) is 23.6 Å². The molecule has 0 fully saturated rings. The Morgan fingerprint density at radius 3 is 2.82 bits per heavy atom. The second kappa shape index (κ2) is 7.89. The first kappa shape index (κ1) is 19.7. The maximum absolute atomic E-state index is 12.6. The summed E-state index contributed by atoms with van der Waals surface area (Å²) in [5.74, 6) is -0.451. The maximum atomic E-state index is 12.6. The number of aromatic nitrogens is 5. The Balaban J connectivity index is 1.77. The molecule has 9 heteroatoms. The van der Waals surface area contributed by atoms with Crippen molar-refractivity contribution >= 4 is 28.4 Å². The first-order valence-corrected chi connectivity index (χ1v) is 9.09. The third kappa shape index (κ3) is 3.94. The molecule has 0 radical (unpaired) electrons. The van der Waals surface area contributed by atoms with E-state index in [2.05, 4.69) is 39.4 Å². The Labute approximate surface area is 162 Å². The van der Waals surface area contributed by atoms with Crippen molar-refractivity contribution in [2.24, 2.45) is 0 Å². The standard InChI is InChI=1S/C19H24N6O3/c1-5-19(3,6-7-28-4)25-11-16(23-24-25)18(27)21-14-8-13-9-15(12(2)26)22-17(13)20-10-14/h8-11H,5-7H2,1-4H3,(H,20,22)(H,21,27). The molecule has 2 N–H and O–H groups in total. The molecule has 9 nitrogen and oxygen atoms in total. The summed E-state index contributed by atoms with van der Waals surface area (Å²) in [6, 6.07) is 3.46. The number of amides is 1. The number of aromatic amines is 1. The van der Waals surface area contributed by atoms with Crippen LogP contribution in [0.3, 0.4) is 0 Å². The zero-order valence-electron chi connectivity index (χ0n) is 16.4. The van der Waals surface area contributed by atoms with Crippen LogP contribution < -0.4 is 5.32 Å². The van der Waals surface area contributed by atoms with Crippen molar-refractivity contribution in [3.05, 3.63) is 35.9 Å². The van der Waals surface area contributed by atoms with Crippen LogP contribution in [0.2, 0.25) is 0 Å². The molecule has 3 aromatic rings. The molecule has 1 unspecified atom stereocenters. The zero-order chi connectivity index (χ0) is 20.3. The topological polar surface area (TPSA) is 115 Å². The van der Waals surface area contributed by atoms with Crippen molar-refractivity contribution in [2.45, 2.75) is 39.2 Å². The molecule has 0 aromatic carbocycles. The minimum Gasteiger partial charge on any atom is -0.385 e.